The van der Waals surface area contributed by atoms with E-state index in [1.54, 1.807) is 12.1 Å². The number of aryl methyl sites for hydroxylation is 1. The van der Waals surface area contributed by atoms with Crippen LogP contribution in [-0.4, -0.2) is 19.0 Å². The number of ether oxygens (including phenoxy) is 1. The fourth-order valence-electron chi connectivity index (χ4n) is 2.35. The van der Waals surface area contributed by atoms with Gasteiger partial charge in [-0.2, -0.15) is 0 Å². The van der Waals surface area contributed by atoms with Crippen LogP contribution < -0.4 is 5.32 Å². The molecule has 1 aromatic rings. The number of carbonyl (C=O) groups excluding carboxylic acids is 2. The Morgan fingerprint density at radius 2 is 2.20 bits per heavy atom. The summed E-state index contributed by atoms with van der Waals surface area (Å²) >= 11 is 0. The fourth-order valence-corrected chi connectivity index (χ4v) is 2.35. The molecule has 1 aliphatic carbocycles. The standard InChI is InChI=1S/C16H19NO3/c1-11-7-8-14(13(9-11)16(19)20-2)17-15(18)10-12-5-3-4-6-12/h3,5,7-9,12H,4,6,10H2,1-2H3,(H,17,18). The second-order valence-electron chi connectivity index (χ2n) is 5.06. The first-order chi connectivity index (χ1) is 9.60. The van der Waals surface area contributed by atoms with E-state index in [1.807, 2.05) is 13.0 Å². The lowest BCUT2D eigenvalue weighted by Crippen LogP contribution is -2.17. The van der Waals surface area contributed by atoms with Gasteiger partial charge in [0.2, 0.25) is 5.91 Å². The van der Waals surface area contributed by atoms with Gasteiger partial charge in [0.25, 0.3) is 0 Å². The van der Waals surface area contributed by atoms with Crippen LogP contribution in [0.1, 0.15) is 35.2 Å². The molecule has 2 rings (SSSR count). The first-order valence-electron chi connectivity index (χ1n) is 6.75. The van der Waals surface area contributed by atoms with Crippen molar-refractivity contribution < 1.29 is 14.3 Å². The molecule has 0 aromatic heterocycles. The minimum atomic E-state index is -0.440. The average molecular weight is 273 g/mol. The topological polar surface area (TPSA) is 55.4 Å². The Hall–Kier alpha value is -2.10. The van der Waals surface area contributed by atoms with Crippen molar-refractivity contribution in [3.8, 4) is 0 Å². The van der Waals surface area contributed by atoms with Gasteiger partial charge in [-0.1, -0.05) is 23.8 Å². The van der Waals surface area contributed by atoms with Crippen molar-refractivity contribution in [2.45, 2.75) is 26.2 Å². The number of esters is 1. The summed E-state index contributed by atoms with van der Waals surface area (Å²) in [6, 6.07) is 5.32. The van der Waals surface area contributed by atoms with E-state index in [0.29, 0.717) is 23.6 Å². The van der Waals surface area contributed by atoms with Crippen molar-refractivity contribution in [2.75, 3.05) is 12.4 Å². The number of hydrogen-bond acceptors (Lipinski definition) is 3. The molecule has 1 N–H and O–H groups in total. The molecule has 0 saturated heterocycles. The second-order valence-corrected chi connectivity index (χ2v) is 5.06. The van der Waals surface area contributed by atoms with Crippen molar-refractivity contribution in [1.29, 1.82) is 0 Å². The predicted octanol–water partition coefficient (Wildman–Crippen LogP) is 3.08. The molecule has 1 atom stereocenters. The predicted molar refractivity (Wildman–Crippen MR) is 77.6 cm³/mol. The van der Waals surface area contributed by atoms with E-state index in [4.69, 9.17) is 4.74 Å². The Labute approximate surface area is 118 Å². The molecule has 1 aliphatic rings. The second kappa shape index (κ2) is 6.37. The van der Waals surface area contributed by atoms with Crippen LogP contribution in [0, 0.1) is 12.8 Å². The van der Waals surface area contributed by atoms with Crippen LogP contribution in [-0.2, 0) is 9.53 Å². The SMILES string of the molecule is COC(=O)c1cc(C)ccc1NC(=O)CC1C=CCC1. The van der Waals surface area contributed by atoms with E-state index in [-0.39, 0.29) is 5.91 Å². The van der Waals surface area contributed by atoms with Gasteiger partial charge in [0.1, 0.15) is 0 Å². The van der Waals surface area contributed by atoms with Gasteiger partial charge in [0.15, 0.2) is 0 Å². The molecule has 106 valence electrons. The summed E-state index contributed by atoms with van der Waals surface area (Å²) in [5.41, 5.74) is 1.85. The third-order valence-electron chi connectivity index (χ3n) is 3.41. The van der Waals surface area contributed by atoms with Crippen LogP contribution in [0.5, 0.6) is 0 Å². The summed E-state index contributed by atoms with van der Waals surface area (Å²) in [5.74, 6) is -0.206. The normalized spacial score (nSPS) is 17.0. The lowest BCUT2D eigenvalue weighted by Gasteiger charge is -2.12. The number of anilines is 1. The molecule has 4 heteroatoms. The maximum atomic E-state index is 12.0. The molecule has 0 heterocycles. The van der Waals surface area contributed by atoms with Crippen LogP contribution in [0.15, 0.2) is 30.4 Å². The Bertz CT molecular complexity index is 549. The largest absolute Gasteiger partial charge is 0.465 e. The quantitative estimate of drug-likeness (QED) is 0.677. The van der Waals surface area contributed by atoms with Crippen molar-refractivity contribution in [1.82, 2.24) is 0 Å². The maximum Gasteiger partial charge on any atom is 0.339 e. The van der Waals surface area contributed by atoms with Crippen LogP contribution in [0.3, 0.4) is 0 Å². The summed E-state index contributed by atoms with van der Waals surface area (Å²) < 4.78 is 4.75. The Kier molecular flexibility index (Phi) is 4.56. The van der Waals surface area contributed by atoms with Gasteiger partial charge in [0.05, 0.1) is 18.4 Å². The van der Waals surface area contributed by atoms with Crippen LogP contribution in [0.2, 0.25) is 0 Å². The zero-order valence-electron chi connectivity index (χ0n) is 11.8. The molecular weight excluding hydrogens is 254 g/mol. The first-order valence-corrected chi connectivity index (χ1v) is 6.75. The highest BCUT2D eigenvalue weighted by Crippen LogP contribution is 2.23. The summed E-state index contributed by atoms with van der Waals surface area (Å²) in [4.78, 5) is 23.7. The fraction of sp³-hybridized carbons (Fsp3) is 0.375. The molecule has 0 spiro atoms. The molecular formula is C16H19NO3. The van der Waals surface area contributed by atoms with Gasteiger partial charge in [-0.25, -0.2) is 4.79 Å². The van der Waals surface area contributed by atoms with Crippen LogP contribution >= 0.6 is 0 Å². The first kappa shape index (κ1) is 14.3. The summed E-state index contributed by atoms with van der Waals surface area (Å²) in [6.07, 6.45) is 6.69. The van der Waals surface area contributed by atoms with Gasteiger partial charge in [-0.05, 0) is 37.8 Å². The molecule has 20 heavy (non-hydrogen) atoms. The Morgan fingerprint density at radius 3 is 2.85 bits per heavy atom. The zero-order valence-corrected chi connectivity index (χ0v) is 11.8. The Morgan fingerprint density at radius 1 is 1.40 bits per heavy atom. The molecule has 0 radical (unpaired) electrons. The third kappa shape index (κ3) is 3.47. The number of benzene rings is 1. The highest BCUT2D eigenvalue weighted by Gasteiger charge is 2.17. The molecule has 1 aromatic carbocycles. The monoisotopic (exact) mass is 273 g/mol. The number of allylic oxidation sites excluding steroid dienone is 2. The third-order valence-corrected chi connectivity index (χ3v) is 3.41. The number of hydrogen-bond donors (Lipinski definition) is 1. The van der Waals surface area contributed by atoms with Crippen LogP contribution in [0.25, 0.3) is 0 Å². The van der Waals surface area contributed by atoms with E-state index >= 15 is 0 Å². The van der Waals surface area contributed by atoms with Gasteiger partial charge < -0.3 is 10.1 Å². The van der Waals surface area contributed by atoms with Gasteiger partial charge >= 0.3 is 5.97 Å². The summed E-state index contributed by atoms with van der Waals surface area (Å²) in [7, 11) is 1.33. The minimum Gasteiger partial charge on any atom is -0.465 e. The molecule has 0 aliphatic heterocycles. The molecule has 4 nitrogen and oxygen atoms in total. The highest BCUT2D eigenvalue weighted by atomic mass is 16.5. The van der Waals surface area contributed by atoms with Gasteiger partial charge in [0, 0.05) is 6.42 Å². The van der Waals surface area contributed by atoms with E-state index in [2.05, 4.69) is 17.5 Å². The summed E-state index contributed by atoms with van der Waals surface area (Å²) in [5, 5.41) is 2.81. The molecule has 0 fully saturated rings. The average Bonchev–Trinajstić information content (AvgIpc) is 2.92. The highest BCUT2D eigenvalue weighted by molar-refractivity contribution is 6.01. The van der Waals surface area contributed by atoms with E-state index in [9.17, 15) is 9.59 Å². The van der Waals surface area contributed by atoms with Gasteiger partial charge in [-0.3, -0.25) is 4.79 Å². The van der Waals surface area contributed by atoms with Crippen LogP contribution in [0.4, 0.5) is 5.69 Å². The van der Waals surface area contributed by atoms with Crippen molar-refractivity contribution in [2.24, 2.45) is 5.92 Å². The number of methoxy groups -OCH3 is 1. The lowest BCUT2D eigenvalue weighted by molar-refractivity contribution is -0.116. The smallest absolute Gasteiger partial charge is 0.339 e. The van der Waals surface area contributed by atoms with Crippen molar-refractivity contribution in [3.63, 3.8) is 0 Å². The van der Waals surface area contributed by atoms with E-state index in [0.717, 1.165) is 18.4 Å². The minimum absolute atomic E-state index is 0.0736. The summed E-state index contributed by atoms with van der Waals surface area (Å²) in [6.45, 7) is 1.89. The zero-order chi connectivity index (χ0) is 14.5. The Balaban J connectivity index is 2.09. The van der Waals surface area contributed by atoms with Crippen molar-refractivity contribution in [3.05, 3.63) is 41.5 Å². The number of rotatable bonds is 4. The molecule has 1 amide bonds. The number of carbonyl (C=O) groups is 2. The van der Waals surface area contributed by atoms with E-state index < -0.39 is 5.97 Å². The molecule has 1 unspecified atom stereocenters. The van der Waals surface area contributed by atoms with E-state index in [1.165, 1.54) is 7.11 Å². The number of nitrogens with one attached hydrogen (secondary N) is 1. The maximum absolute atomic E-state index is 12.0. The number of amides is 1. The molecule has 0 bridgehead atoms. The van der Waals surface area contributed by atoms with Crippen molar-refractivity contribution >= 4 is 17.6 Å². The van der Waals surface area contributed by atoms with Gasteiger partial charge in [-0.15, -0.1) is 0 Å². The lowest BCUT2D eigenvalue weighted by atomic mass is 10.0. The molecule has 0 saturated carbocycles.